The summed E-state index contributed by atoms with van der Waals surface area (Å²) in [5.74, 6) is 0.299. The minimum absolute atomic E-state index is 0.113. The summed E-state index contributed by atoms with van der Waals surface area (Å²) in [4.78, 5) is 24.7. The molecular weight excluding hydrogens is 321 g/mol. The molecule has 1 N–H and O–H groups in total. The maximum Gasteiger partial charge on any atom is 0.254 e. The average molecular weight is 341 g/mol. The average Bonchev–Trinajstić information content (AvgIpc) is 3.46. The lowest BCUT2D eigenvalue weighted by Crippen LogP contribution is -2.47. The zero-order chi connectivity index (χ0) is 17.2. The van der Waals surface area contributed by atoms with E-state index in [0.717, 1.165) is 12.8 Å². The lowest BCUT2D eigenvalue weighted by atomic mass is 10.2. The minimum atomic E-state index is -0.196. The number of halogens is 1. The molecule has 1 saturated carbocycles. The van der Waals surface area contributed by atoms with Gasteiger partial charge in [-0.3, -0.25) is 4.79 Å². The molecule has 2 aromatic rings. The number of nitrogens with one attached hydrogen (secondary N) is 1. The second-order valence-electron chi connectivity index (χ2n) is 6.44. The maximum atomic E-state index is 13.9. The fraction of sp³-hybridized carbons (Fsp3) is 0.389. The van der Waals surface area contributed by atoms with E-state index in [0.29, 0.717) is 49.4 Å². The first kappa shape index (κ1) is 15.8. The molecule has 0 radical (unpaired) electrons. The Morgan fingerprint density at radius 1 is 1.04 bits per heavy atom. The Bertz CT molecular complexity index is 754. The first-order valence-corrected chi connectivity index (χ1v) is 8.58. The summed E-state index contributed by atoms with van der Waals surface area (Å²) in [6.07, 6.45) is 5.25. The molecule has 4 rings (SSSR count). The monoisotopic (exact) mass is 341 g/mol. The molecule has 1 amide bonds. The third kappa shape index (κ3) is 3.55. The van der Waals surface area contributed by atoms with E-state index in [1.807, 2.05) is 11.0 Å². The highest BCUT2D eigenvalue weighted by Crippen LogP contribution is 2.22. The van der Waals surface area contributed by atoms with E-state index >= 15 is 0 Å². The fourth-order valence-corrected chi connectivity index (χ4v) is 2.95. The van der Waals surface area contributed by atoms with Gasteiger partial charge in [0.05, 0.1) is 11.3 Å². The molecule has 0 bridgehead atoms. The van der Waals surface area contributed by atoms with Gasteiger partial charge in [0.1, 0.15) is 5.82 Å². The lowest BCUT2D eigenvalue weighted by Gasteiger charge is -2.36. The molecule has 25 heavy (non-hydrogen) atoms. The number of benzene rings is 1. The smallest absolute Gasteiger partial charge is 0.254 e. The van der Waals surface area contributed by atoms with Crippen LogP contribution < -0.4 is 15.1 Å². The number of amides is 1. The van der Waals surface area contributed by atoms with Crippen LogP contribution in [0.5, 0.6) is 0 Å². The zero-order valence-corrected chi connectivity index (χ0v) is 13.9. The van der Waals surface area contributed by atoms with Gasteiger partial charge in [-0.25, -0.2) is 14.4 Å². The summed E-state index contributed by atoms with van der Waals surface area (Å²) in [5.41, 5.74) is 1.12. The Labute approximate surface area is 145 Å². The highest BCUT2D eigenvalue weighted by atomic mass is 19.1. The predicted octanol–water partition coefficient (Wildman–Crippen LogP) is 1.83. The van der Waals surface area contributed by atoms with Gasteiger partial charge in [0, 0.05) is 44.6 Å². The number of nitrogens with zero attached hydrogens (tertiary/aromatic N) is 4. The topological polar surface area (TPSA) is 61.4 Å². The second kappa shape index (κ2) is 6.66. The molecule has 0 spiro atoms. The molecule has 2 fully saturated rings. The van der Waals surface area contributed by atoms with E-state index < -0.39 is 0 Å². The van der Waals surface area contributed by atoms with Crippen molar-refractivity contribution < 1.29 is 9.18 Å². The summed E-state index contributed by atoms with van der Waals surface area (Å²) in [6.45, 7) is 2.83. The molecule has 2 aliphatic rings. The van der Waals surface area contributed by atoms with Crippen LogP contribution in [0, 0.1) is 5.82 Å². The van der Waals surface area contributed by atoms with Crippen LogP contribution in [0.1, 0.15) is 23.2 Å². The van der Waals surface area contributed by atoms with Gasteiger partial charge in [-0.15, -0.1) is 0 Å². The molecule has 1 aliphatic heterocycles. The van der Waals surface area contributed by atoms with Crippen molar-refractivity contribution >= 4 is 17.5 Å². The quantitative estimate of drug-likeness (QED) is 0.919. The number of hydrogen-bond donors (Lipinski definition) is 1. The third-order valence-corrected chi connectivity index (χ3v) is 4.57. The Kier molecular flexibility index (Phi) is 4.21. The zero-order valence-electron chi connectivity index (χ0n) is 13.9. The van der Waals surface area contributed by atoms with Crippen LogP contribution in [0.3, 0.4) is 0 Å². The number of aromatic nitrogens is 2. The van der Waals surface area contributed by atoms with Gasteiger partial charge >= 0.3 is 0 Å². The maximum absolute atomic E-state index is 13.9. The van der Waals surface area contributed by atoms with Crippen molar-refractivity contribution in [1.82, 2.24) is 15.3 Å². The van der Waals surface area contributed by atoms with E-state index in [9.17, 15) is 9.18 Å². The Hall–Kier alpha value is -2.70. The third-order valence-electron chi connectivity index (χ3n) is 4.57. The lowest BCUT2D eigenvalue weighted by molar-refractivity contribution is 0.0950. The number of carbonyl (C=O) groups is 1. The highest BCUT2D eigenvalue weighted by Gasteiger charge is 2.25. The summed E-state index contributed by atoms with van der Waals surface area (Å²) in [7, 11) is 0. The SMILES string of the molecule is O=C(NC1CC1)c1cnc(N2CCN(c3ccccc3F)CC2)nc1. The normalized spacial score (nSPS) is 17.5. The van der Waals surface area contributed by atoms with Crippen LogP contribution in [0.25, 0.3) is 0 Å². The molecule has 1 saturated heterocycles. The molecule has 6 nitrogen and oxygen atoms in total. The number of carbonyl (C=O) groups excluding carboxylic acids is 1. The molecule has 7 heteroatoms. The van der Waals surface area contributed by atoms with Crippen molar-refractivity contribution in [3.63, 3.8) is 0 Å². The first-order valence-electron chi connectivity index (χ1n) is 8.58. The van der Waals surface area contributed by atoms with Crippen LogP contribution in [-0.4, -0.2) is 48.1 Å². The molecule has 0 unspecified atom stereocenters. The van der Waals surface area contributed by atoms with E-state index in [2.05, 4.69) is 20.2 Å². The fourth-order valence-electron chi connectivity index (χ4n) is 2.95. The van der Waals surface area contributed by atoms with Crippen molar-refractivity contribution in [3.8, 4) is 0 Å². The predicted molar refractivity (Wildman–Crippen MR) is 93.3 cm³/mol. The summed E-state index contributed by atoms with van der Waals surface area (Å²) >= 11 is 0. The van der Waals surface area contributed by atoms with Crippen molar-refractivity contribution in [2.45, 2.75) is 18.9 Å². The summed E-state index contributed by atoms with van der Waals surface area (Å²) < 4.78 is 13.9. The van der Waals surface area contributed by atoms with Crippen molar-refractivity contribution in [3.05, 3.63) is 48.0 Å². The van der Waals surface area contributed by atoms with E-state index in [1.54, 1.807) is 24.5 Å². The van der Waals surface area contributed by atoms with Crippen LogP contribution >= 0.6 is 0 Å². The van der Waals surface area contributed by atoms with E-state index in [1.165, 1.54) is 6.07 Å². The van der Waals surface area contributed by atoms with Crippen molar-refractivity contribution in [2.75, 3.05) is 36.0 Å². The molecule has 1 aliphatic carbocycles. The van der Waals surface area contributed by atoms with Gasteiger partial charge in [-0.05, 0) is 25.0 Å². The Morgan fingerprint density at radius 2 is 1.68 bits per heavy atom. The Morgan fingerprint density at radius 3 is 2.32 bits per heavy atom. The molecular formula is C18H20FN5O. The highest BCUT2D eigenvalue weighted by molar-refractivity contribution is 5.94. The standard InChI is InChI=1S/C18H20FN5O/c19-15-3-1-2-4-16(15)23-7-9-24(10-8-23)18-20-11-13(12-21-18)17(25)22-14-5-6-14/h1-4,11-12,14H,5-10H2,(H,22,25). The van der Waals surface area contributed by atoms with Gasteiger partial charge in [0.25, 0.3) is 5.91 Å². The van der Waals surface area contributed by atoms with Gasteiger partial charge in [0.2, 0.25) is 5.95 Å². The van der Waals surface area contributed by atoms with Crippen LogP contribution in [0.4, 0.5) is 16.0 Å². The number of piperazine rings is 1. The number of hydrogen-bond acceptors (Lipinski definition) is 5. The van der Waals surface area contributed by atoms with Crippen LogP contribution in [0.15, 0.2) is 36.7 Å². The van der Waals surface area contributed by atoms with Crippen molar-refractivity contribution in [1.29, 1.82) is 0 Å². The molecule has 0 atom stereocenters. The van der Waals surface area contributed by atoms with Gasteiger partial charge in [-0.2, -0.15) is 0 Å². The molecule has 130 valence electrons. The summed E-state index contributed by atoms with van der Waals surface area (Å²) in [6, 6.07) is 7.15. The van der Waals surface area contributed by atoms with E-state index in [4.69, 9.17) is 0 Å². The van der Waals surface area contributed by atoms with Crippen LogP contribution in [0.2, 0.25) is 0 Å². The second-order valence-corrected chi connectivity index (χ2v) is 6.44. The largest absolute Gasteiger partial charge is 0.366 e. The van der Waals surface area contributed by atoms with E-state index in [-0.39, 0.29) is 11.7 Å². The number of anilines is 2. The van der Waals surface area contributed by atoms with Gasteiger partial charge < -0.3 is 15.1 Å². The minimum Gasteiger partial charge on any atom is -0.366 e. The van der Waals surface area contributed by atoms with Crippen molar-refractivity contribution in [2.24, 2.45) is 0 Å². The molecule has 2 heterocycles. The molecule has 1 aromatic carbocycles. The van der Waals surface area contributed by atoms with Gasteiger partial charge in [0.15, 0.2) is 0 Å². The number of rotatable bonds is 4. The molecule has 1 aromatic heterocycles. The van der Waals surface area contributed by atoms with Crippen LogP contribution in [-0.2, 0) is 0 Å². The summed E-state index contributed by atoms with van der Waals surface area (Å²) in [5, 5.41) is 2.92. The van der Waals surface area contributed by atoms with Gasteiger partial charge in [-0.1, -0.05) is 12.1 Å². The first-order chi connectivity index (χ1) is 12.2. The Balaban J connectivity index is 1.37. The number of para-hydroxylation sites is 1.